The maximum atomic E-state index is 11.2. The fraction of sp³-hybridized carbons (Fsp3) is 0.385. The minimum Gasteiger partial charge on any atom is -0.480 e. The number of aryl methyl sites for hydroxylation is 1. The SMILES string of the molecule is O=C(O)COCC(=O)NCCCc1ccccc1. The molecule has 0 aliphatic rings. The van der Waals surface area contributed by atoms with Gasteiger partial charge in [0.1, 0.15) is 13.2 Å². The van der Waals surface area contributed by atoms with Crippen molar-refractivity contribution in [3.63, 3.8) is 0 Å². The molecule has 98 valence electrons. The van der Waals surface area contributed by atoms with Gasteiger partial charge in [-0.25, -0.2) is 4.79 Å². The highest BCUT2D eigenvalue weighted by Gasteiger charge is 2.02. The third kappa shape index (κ3) is 6.65. The molecule has 0 heterocycles. The van der Waals surface area contributed by atoms with Crippen molar-refractivity contribution in [2.75, 3.05) is 19.8 Å². The van der Waals surface area contributed by atoms with Crippen molar-refractivity contribution >= 4 is 11.9 Å². The molecule has 18 heavy (non-hydrogen) atoms. The van der Waals surface area contributed by atoms with Gasteiger partial charge in [-0.05, 0) is 18.4 Å². The summed E-state index contributed by atoms with van der Waals surface area (Å²) in [7, 11) is 0. The van der Waals surface area contributed by atoms with Crippen LogP contribution >= 0.6 is 0 Å². The van der Waals surface area contributed by atoms with E-state index in [0.29, 0.717) is 6.54 Å². The Labute approximate surface area is 106 Å². The molecule has 0 radical (unpaired) electrons. The Bertz CT molecular complexity index is 378. The molecule has 1 aromatic rings. The lowest BCUT2D eigenvalue weighted by Gasteiger charge is -2.05. The Morgan fingerprint density at radius 3 is 2.56 bits per heavy atom. The van der Waals surface area contributed by atoms with Crippen molar-refractivity contribution in [1.29, 1.82) is 0 Å². The molecule has 0 saturated heterocycles. The van der Waals surface area contributed by atoms with E-state index < -0.39 is 12.6 Å². The molecule has 5 nitrogen and oxygen atoms in total. The van der Waals surface area contributed by atoms with Crippen LogP contribution in [-0.4, -0.2) is 36.7 Å². The molecule has 0 saturated carbocycles. The molecule has 0 aliphatic heterocycles. The Morgan fingerprint density at radius 1 is 1.17 bits per heavy atom. The fourth-order valence-electron chi connectivity index (χ4n) is 1.45. The standard InChI is InChI=1S/C13H17NO4/c15-12(9-18-10-13(16)17)14-8-4-7-11-5-2-1-3-6-11/h1-3,5-6H,4,7-10H2,(H,14,15)(H,16,17). The second kappa shape index (κ2) is 8.25. The lowest BCUT2D eigenvalue weighted by molar-refractivity contribution is -0.143. The quantitative estimate of drug-likeness (QED) is 0.671. The minimum atomic E-state index is -1.08. The summed E-state index contributed by atoms with van der Waals surface area (Å²) < 4.78 is 4.66. The van der Waals surface area contributed by atoms with E-state index in [0.717, 1.165) is 12.8 Å². The van der Waals surface area contributed by atoms with Crippen molar-refractivity contribution in [2.24, 2.45) is 0 Å². The topological polar surface area (TPSA) is 75.6 Å². The molecular formula is C13H17NO4. The van der Waals surface area contributed by atoms with Gasteiger partial charge in [0.25, 0.3) is 0 Å². The molecule has 5 heteroatoms. The Morgan fingerprint density at radius 2 is 1.89 bits per heavy atom. The van der Waals surface area contributed by atoms with Crippen molar-refractivity contribution in [3.05, 3.63) is 35.9 Å². The third-order valence-electron chi connectivity index (χ3n) is 2.27. The smallest absolute Gasteiger partial charge is 0.329 e. The number of nitrogens with one attached hydrogen (secondary N) is 1. The summed E-state index contributed by atoms with van der Waals surface area (Å²) in [4.78, 5) is 21.3. The largest absolute Gasteiger partial charge is 0.480 e. The van der Waals surface area contributed by atoms with Gasteiger partial charge in [0.05, 0.1) is 0 Å². The van der Waals surface area contributed by atoms with E-state index in [-0.39, 0.29) is 12.5 Å². The van der Waals surface area contributed by atoms with Gasteiger partial charge in [-0.2, -0.15) is 0 Å². The minimum absolute atomic E-state index is 0.211. The highest BCUT2D eigenvalue weighted by molar-refractivity contribution is 5.77. The van der Waals surface area contributed by atoms with E-state index in [1.54, 1.807) is 0 Å². The van der Waals surface area contributed by atoms with Crippen LogP contribution in [0.3, 0.4) is 0 Å². The van der Waals surface area contributed by atoms with E-state index in [4.69, 9.17) is 5.11 Å². The predicted octanol–water partition coefficient (Wildman–Crippen LogP) is 0.837. The van der Waals surface area contributed by atoms with Crippen LogP contribution in [0, 0.1) is 0 Å². The maximum Gasteiger partial charge on any atom is 0.329 e. The van der Waals surface area contributed by atoms with Crippen LogP contribution in [0.25, 0.3) is 0 Å². The number of aliphatic carboxylic acids is 1. The number of carbonyl (C=O) groups is 2. The zero-order chi connectivity index (χ0) is 13.2. The van der Waals surface area contributed by atoms with Crippen LogP contribution in [0.5, 0.6) is 0 Å². The summed E-state index contributed by atoms with van der Waals surface area (Å²) in [6.07, 6.45) is 1.74. The van der Waals surface area contributed by atoms with Crippen molar-refractivity contribution in [3.8, 4) is 0 Å². The van der Waals surface area contributed by atoms with Crippen LogP contribution in [0.4, 0.5) is 0 Å². The summed E-state index contributed by atoms with van der Waals surface area (Å²) in [6, 6.07) is 10.0. The van der Waals surface area contributed by atoms with Gasteiger partial charge >= 0.3 is 5.97 Å². The van der Waals surface area contributed by atoms with Gasteiger partial charge in [0.15, 0.2) is 0 Å². The number of carbonyl (C=O) groups excluding carboxylic acids is 1. The lowest BCUT2D eigenvalue weighted by Crippen LogP contribution is -2.29. The van der Waals surface area contributed by atoms with Crippen LogP contribution in [0.1, 0.15) is 12.0 Å². The van der Waals surface area contributed by atoms with Crippen molar-refractivity contribution in [1.82, 2.24) is 5.32 Å². The number of hydrogen-bond acceptors (Lipinski definition) is 3. The molecule has 0 bridgehead atoms. The molecule has 2 N–H and O–H groups in total. The van der Waals surface area contributed by atoms with E-state index in [9.17, 15) is 9.59 Å². The van der Waals surface area contributed by atoms with Gasteiger partial charge in [-0.3, -0.25) is 4.79 Å². The molecule has 0 fully saturated rings. The molecule has 1 amide bonds. The maximum absolute atomic E-state index is 11.2. The average Bonchev–Trinajstić information content (AvgIpc) is 2.35. The summed E-state index contributed by atoms with van der Waals surface area (Å²) in [5, 5.41) is 11.0. The van der Waals surface area contributed by atoms with Gasteiger partial charge in [0, 0.05) is 6.54 Å². The summed E-state index contributed by atoms with van der Waals surface area (Å²) in [6.45, 7) is -0.0980. The third-order valence-corrected chi connectivity index (χ3v) is 2.27. The first-order chi connectivity index (χ1) is 8.68. The second-order valence-corrected chi connectivity index (χ2v) is 3.83. The van der Waals surface area contributed by atoms with Gasteiger partial charge in [0.2, 0.25) is 5.91 Å². The number of benzene rings is 1. The highest BCUT2D eigenvalue weighted by atomic mass is 16.5. The first-order valence-electron chi connectivity index (χ1n) is 5.78. The number of ether oxygens (including phenoxy) is 1. The molecule has 0 spiro atoms. The molecule has 0 unspecified atom stereocenters. The monoisotopic (exact) mass is 251 g/mol. The first-order valence-corrected chi connectivity index (χ1v) is 5.78. The summed E-state index contributed by atoms with van der Waals surface area (Å²) in [5.41, 5.74) is 1.23. The van der Waals surface area contributed by atoms with Gasteiger partial charge < -0.3 is 15.2 Å². The molecule has 0 atom stereocenters. The van der Waals surface area contributed by atoms with Crippen molar-refractivity contribution in [2.45, 2.75) is 12.8 Å². The summed E-state index contributed by atoms with van der Waals surface area (Å²) >= 11 is 0. The normalized spacial score (nSPS) is 10.0. The summed E-state index contributed by atoms with van der Waals surface area (Å²) in [5.74, 6) is -1.36. The van der Waals surface area contributed by atoms with Gasteiger partial charge in [-0.15, -0.1) is 0 Å². The van der Waals surface area contributed by atoms with Crippen LogP contribution in [-0.2, 0) is 20.7 Å². The Hall–Kier alpha value is -1.88. The zero-order valence-electron chi connectivity index (χ0n) is 10.1. The second-order valence-electron chi connectivity index (χ2n) is 3.83. The number of carboxylic acids is 1. The van der Waals surface area contributed by atoms with E-state index in [1.165, 1.54) is 5.56 Å². The Balaban J connectivity index is 2.04. The van der Waals surface area contributed by atoms with Crippen molar-refractivity contribution < 1.29 is 19.4 Å². The number of hydrogen-bond donors (Lipinski definition) is 2. The molecular weight excluding hydrogens is 234 g/mol. The van der Waals surface area contributed by atoms with Crippen LogP contribution in [0.2, 0.25) is 0 Å². The molecule has 1 rings (SSSR count). The van der Waals surface area contributed by atoms with Crippen LogP contribution in [0.15, 0.2) is 30.3 Å². The lowest BCUT2D eigenvalue weighted by atomic mass is 10.1. The van der Waals surface area contributed by atoms with E-state index in [2.05, 4.69) is 10.1 Å². The number of amides is 1. The van der Waals surface area contributed by atoms with E-state index >= 15 is 0 Å². The molecule has 1 aromatic carbocycles. The first kappa shape index (κ1) is 14.2. The molecule has 0 aliphatic carbocycles. The van der Waals surface area contributed by atoms with E-state index in [1.807, 2.05) is 30.3 Å². The number of rotatable bonds is 8. The fourth-order valence-corrected chi connectivity index (χ4v) is 1.45. The predicted molar refractivity (Wildman–Crippen MR) is 66.2 cm³/mol. The average molecular weight is 251 g/mol. The number of carboxylic acid groups (broad SMARTS) is 1. The van der Waals surface area contributed by atoms with Crippen LogP contribution < -0.4 is 5.32 Å². The molecule has 0 aromatic heterocycles. The van der Waals surface area contributed by atoms with Gasteiger partial charge in [-0.1, -0.05) is 30.3 Å². The zero-order valence-corrected chi connectivity index (χ0v) is 10.1. The highest BCUT2D eigenvalue weighted by Crippen LogP contribution is 2.01. The Kier molecular flexibility index (Phi) is 6.50.